The minimum absolute atomic E-state index is 0.309. The molecule has 0 amide bonds. The molecule has 0 radical (unpaired) electrons. The molecule has 1 atom stereocenters. The largest absolute Gasteiger partial charge is 0.489 e. The SMILES string of the molecule is Cc1ccc(C)c(COc2ccc(CC(C)O)cc2)c1. The Morgan fingerprint density at radius 2 is 1.75 bits per heavy atom. The molecule has 0 spiro atoms. The predicted molar refractivity (Wildman–Crippen MR) is 82.1 cm³/mol. The third kappa shape index (κ3) is 4.10. The van der Waals surface area contributed by atoms with Crippen molar-refractivity contribution in [3.8, 4) is 5.75 Å². The highest BCUT2D eigenvalue weighted by Crippen LogP contribution is 2.17. The average molecular weight is 270 g/mol. The highest BCUT2D eigenvalue weighted by atomic mass is 16.5. The predicted octanol–water partition coefficient (Wildman–Crippen LogP) is 3.81. The molecule has 0 aliphatic carbocycles. The summed E-state index contributed by atoms with van der Waals surface area (Å²) >= 11 is 0. The van der Waals surface area contributed by atoms with E-state index in [9.17, 15) is 5.11 Å². The monoisotopic (exact) mass is 270 g/mol. The summed E-state index contributed by atoms with van der Waals surface area (Å²) in [4.78, 5) is 0. The van der Waals surface area contributed by atoms with Gasteiger partial charge >= 0.3 is 0 Å². The lowest BCUT2D eigenvalue weighted by Crippen LogP contribution is -2.04. The fourth-order valence-corrected chi connectivity index (χ4v) is 2.18. The number of ether oxygens (including phenoxy) is 1. The van der Waals surface area contributed by atoms with Crippen LogP contribution < -0.4 is 4.74 Å². The van der Waals surface area contributed by atoms with E-state index in [0.717, 1.165) is 11.3 Å². The molecule has 2 heteroatoms. The van der Waals surface area contributed by atoms with Crippen molar-refractivity contribution >= 4 is 0 Å². The topological polar surface area (TPSA) is 29.5 Å². The molecule has 20 heavy (non-hydrogen) atoms. The van der Waals surface area contributed by atoms with Crippen LogP contribution in [-0.2, 0) is 13.0 Å². The van der Waals surface area contributed by atoms with E-state index in [0.29, 0.717) is 13.0 Å². The van der Waals surface area contributed by atoms with E-state index in [4.69, 9.17) is 4.74 Å². The highest BCUT2D eigenvalue weighted by molar-refractivity contribution is 5.31. The number of rotatable bonds is 5. The van der Waals surface area contributed by atoms with Gasteiger partial charge in [-0.05, 0) is 56.0 Å². The molecule has 0 aromatic heterocycles. The molecule has 0 heterocycles. The molecule has 1 N–H and O–H groups in total. The van der Waals surface area contributed by atoms with E-state index in [1.54, 1.807) is 6.92 Å². The minimum Gasteiger partial charge on any atom is -0.489 e. The second kappa shape index (κ2) is 6.58. The van der Waals surface area contributed by atoms with Gasteiger partial charge in [-0.1, -0.05) is 35.9 Å². The number of aliphatic hydroxyl groups is 1. The van der Waals surface area contributed by atoms with Crippen LogP contribution in [-0.4, -0.2) is 11.2 Å². The number of hydrogen-bond acceptors (Lipinski definition) is 2. The van der Waals surface area contributed by atoms with Crippen molar-refractivity contribution in [3.63, 3.8) is 0 Å². The van der Waals surface area contributed by atoms with Crippen LogP contribution in [0.25, 0.3) is 0 Å². The molecule has 2 nitrogen and oxygen atoms in total. The third-order valence-electron chi connectivity index (χ3n) is 3.35. The Morgan fingerprint density at radius 1 is 1.05 bits per heavy atom. The Hall–Kier alpha value is -1.80. The Labute approximate surface area is 121 Å². The maximum atomic E-state index is 9.35. The van der Waals surface area contributed by atoms with E-state index in [2.05, 4.69) is 32.0 Å². The minimum atomic E-state index is -0.309. The zero-order chi connectivity index (χ0) is 14.5. The lowest BCUT2D eigenvalue weighted by Gasteiger charge is -2.10. The first-order chi connectivity index (χ1) is 9.54. The van der Waals surface area contributed by atoms with Crippen molar-refractivity contribution in [1.82, 2.24) is 0 Å². The number of benzene rings is 2. The molecular formula is C18H22O2. The van der Waals surface area contributed by atoms with Crippen molar-refractivity contribution in [2.75, 3.05) is 0 Å². The van der Waals surface area contributed by atoms with Gasteiger partial charge in [0.15, 0.2) is 0 Å². The van der Waals surface area contributed by atoms with E-state index in [1.165, 1.54) is 16.7 Å². The first kappa shape index (κ1) is 14.6. The quantitative estimate of drug-likeness (QED) is 0.895. The Kier molecular flexibility index (Phi) is 4.80. The molecule has 0 aliphatic rings. The van der Waals surface area contributed by atoms with Crippen molar-refractivity contribution in [3.05, 3.63) is 64.7 Å². The molecule has 0 fully saturated rings. The van der Waals surface area contributed by atoms with E-state index in [-0.39, 0.29) is 6.10 Å². The molecule has 0 saturated carbocycles. The number of aryl methyl sites for hydroxylation is 2. The summed E-state index contributed by atoms with van der Waals surface area (Å²) in [5.74, 6) is 0.861. The summed E-state index contributed by atoms with van der Waals surface area (Å²) in [6.07, 6.45) is 0.369. The fourth-order valence-electron chi connectivity index (χ4n) is 2.18. The first-order valence-electron chi connectivity index (χ1n) is 7.00. The van der Waals surface area contributed by atoms with Crippen molar-refractivity contribution in [2.24, 2.45) is 0 Å². The standard InChI is InChI=1S/C18H22O2/c1-13-4-5-14(2)17(10-13)12-20-18-8-6-16(7-9-18)11-15(3)19/h4-10,15,19H,11-12H2,1-3H3. The smallest absolute Gasteiger partial charge is 0.119 e. The van der Waals surface area contributed by atoms with Crippen LogP contribution in [0, 0.1) is 13.8 Å². The zero-order valence-electron chi connectivity index (χ0n) is 12.4. The van der Waals surface area contributed by atoms with Crippen LogP contribution in [0.5, 0.6) is 5.75 Å². The average Bonchev–Trinajstić information content (AvgIpc) is 2.41. The molecule has 1 unspecified atom stereocenters. The van der Waals surface area contributed by atoms with Gasteiger partial charge in [0, 0.05) is 0 Å². The van der Waals surface area contributed by atoms with Crippen LogP contribution in [0.15, 0.2) is 42.5 Å². The van der Waals surface area contributed by atoms with Gasteiger partial charge in [-0.2, -0.15) is 0 Å². The van der Waals surface area contributed by atoms with Crippen LogP contribution in [0.4, 0.5) is 0 Å². The lowest BCUT2D eigenvalue weighted by atomic mass is 10.1. The molecule has 0 saturated heterocycles. The van der Waals surface area contributed by atoms with E-state index in [1.807, 2.05) is 24.3 Å². The molecular weight excluding hydrogens is 248 g/mol. The van der Waals surface area contributed by atoms with Gasteiger partial charge in [0.2, 0.25) is 0 Å². The summed E-state index contributed by atoms with van der Waals surface area (Å²) < 4.78 is 5.83. The Bertz CT molecular complexity index is 556. The zero-order valence-corrected chi connectivity index (χ0v) is 12.4. The highest BCUT2D eigenvalue weighted by Gasteiger charge is 2.02. The maximum Gasteiger partial charge on any atom is 0.119 e. The lowest BCUT2D eigenvalue weighted by molar-refractivity contribution is 0.195. The summed E-state index contributed by atoms with van der Waals surface area (Å²) in [5.41, 5.74) is 4.85. The van der Waals surface area contributed by atoms with Crippen molar-refractivity contribution in [1.29, 1.82) is 0 Å². The summed E-state index contributed by atoms with van der Waals surface area (Å²) in [5, 5.41) is 9.35. The van der Waals surface area contributed by atoms with Crippen LogP contribution in [0.2, 0.25) is 0 Å². The molecule has 0 bridgehead atoms. The molecule has 2 aromatic carbocycles. The molecule has 106 valence electrons. The van der Waals surface area contributed by atoms with Gasteiger partial charge < -0.3 is 9.84 Å². The Balaban J connectivity index is 1.98. The molecule has 0 aliphatic heterocycles. The second-order valence-corrected chi connectivity index (χ2v) is 5.42. The van der Waals surface area contributed by atoms with Gasteiger partial charge in [-0.15, -0.1) is 0 Å². The maximum absolute atomic E-state index is 9.35. The van der Waals surface area contributed by atoms with E-state index < -0.39 is 0 Å². The van der Waals surface area contributed by atoms with Crippen LogP contribution in [0.1, 0.15) is 29.2 Å². The molecule has 2 rings (SSSR count). The first-order valence-corrected chi connectivity index (χ1v) is 7.00. The van der Waals surface area contributed by atoms with Crippen LogP contribution in [0.3, 0.4) is 0 Å². The van der Waals surface area contributed by atoms with Crippen LogP contribution >= 0.6 is 0 Å². The van der Waals surface area contributed by atoms with Gasteiger partial charge in [0.1, 0.15) is 12.4 Å². The van der Waals surface area contributed by atoms with Crippen molar-refractivity contribution in [2.45, 2.75) is 39.9 Å². The normalized spacial score (nSPS) is 12.2. The fraction of sp³-hybridized carbons (Fsp3) is 0.333. The summed E-state index contributed by atoms with van der Waals surface area (Å²) in [6, 6.07) is 14.3. The van der Waals surface area contributed by atoms with Gasteiger partial charge in [0.05, 0.1) is 6.10 Å². The van der Waals surface area contributed by atoms with Crippen molar-refractivity contribution < 1.29 is 9.84 Å². The number of hydrogen-bond donors (Lipinski definition) is 1. The summed E-state index contributed by atoms with van der Waals surface area (Å²) in [7, 11) is 0. The van der Waals surface area contributed by atoms with E-state index >= 15 is 0 Å². The Morgan fingerprint density at radius 3 is 2.40 bits per heavy atom. The van der Waals surface area contributed by atoms with Gasteiger partial charge in [0.25, 0.3) is 0 Å². The third-order valence-corrected chi connectivity index (χ3v) is 3.35. The summed E-state index contributed by atoms with van der Waals surface area (Å²) in [6.45, 7) is 6.58. The van der Waals surface area contributed by atoms with Gasteiger partial charge in [-0.3, -0.25) is 0 Å². The number of aliphatic hydroxyl groups excluding tert-OH is 1. The molecule has 2 aromatic rings. The van der Waals surface area contributed by atoms with Gasteiger partial charge in [-0.25, -0.2) is 0 Å². The second-order valence-electron chi connectivity index (χ2n) is 5.42.